The third kappa shape index (κ3) is 0.955. The Kier molecular flexibility index (Phi) is 1.49. The van der Waals surface area contributed by atoms with Gasteiger partial charge in [0.2, 0.25) is 0 Å². The van der Waals surface area contributed by atoms with E-state index in [1.165, 1.54) is 10.9 Å². The molecular weight excluding hydrogens is 139 g/mol. The third-order valence-electron chi connectivity index (χ3n) is 1.58. The highest BCUT2D eigenvalue weighted by molar-refractivity contribution is 7.31. The molecule has 2 rings (SSSR count). The zero-order valence-electron chi connectivity index (χ0n) is 5.59. The topological polar surface area (TPSA) is 0 Å². The minimum absolute atomic E-state index is 0.863. The van der Waals surface area contributed by atoms with E-state index in [1.54, 1.807) is 0 Å². The van der Waals surface area contributed by atoms with E-state index in [0.29, 0.717) is 0 Å². The van der Waals surface area contributed by atoms with E-state index < -0.39 is 0 Å². The summed E-state index contributed by atoms with van der Waals surface area (Å²) in [6, 6.07) is 4.30. The van der Waals surface area contributed by atoms with E-state index in [4.69, 9.17) is 0 Å². The predicted octanol–water partition coefficient (Wildman–Crippen LogP) is 2.86. The lowest BCUT2D eigenvalue weighted by Crippen LogP contribution is -1.66. The minimum Gasteiger partial charge on any atom is -0.132 e. The van der Waals surface area contributed by atoms with E-state index in [-0.39, 0.29) is 0 Å². The number of rotatable bonds is 1. The molecule has 1 unspecified atom stereocenters. The van der Waals surface area contributed by atoms with Gasteiger partial charge < -0.3 is 0 Å². The quantitative estimate of drug-likeness (QED) is 0.573. The van der Waals surface area contributed by atoms with Crippen LogP contribution in [0.15, 0.2) is 30.1 Å². The lowest BCUT2D eigenvalue weighted by Gasteiger charge is -1.90. The minimum atomic E-state index is 0.863. The van der Waals surface area contributed by atoms with Crippen LogP contribution in [0.2, 0.25) is 0 Å². The first-order valence-corrected chi connectivity index (χ1v) is 4.46. The Morgan fingerprint density at radius 2 is 2.50 bits per heavy atom. The van der Waals surface area contributed by atoms with Gasteiger partial charge in [-0.05, 0) is 29.2 Å². The Balaban J connectivity index is 2.36. The van der Waals surface area contributed by atoms with Crippen LogP contribution >= 0.6 is 8.19 Å². The molecule has 0 saturated heterocycles. The van der Waals surface area contributed by atoms with Crippen LogP contribution in [-0.4, -0.2) is 0 Å². The van der Waals surface area contributed by atoms with E-state index in [1.807, 2.05) is 0 Å². The zero-order chi connectivity index (χ0) is 6.81. The second-order valence-corrected chi connectivity index (χ2v) is 3.44. The van der Waals surface area contributed by atoms with Crippen LogP contribution in [0.25, 0.3) is 5.57 Å². The Bertz CT molecular complexity index is 265. The van der Waals surface area contributed by atoms with Gasteiger partial charge in [0.05, 0.1) is 0 Å². The first-order valence-electron chi connectivity index (χ1n) is 3.38. The van der Waals surface area contributed by atoms with Gasteiger partial charge in [0, 0.05) is 0 Å². The maximum absolute atomic E-state index is 3.30. The summed E-state index contributed by atoms with van der Waals surface area (Å²) in [6.45, 7) is 0. The lowest BCUT2D eigenvalue weighted by molar-refractivity contribution is 1.40. The fourth-order valence-corrected chi connectivity index (χ4v) is 1.98. The van der Waals surface area contributed by atoms with E-state index in [2.05, 4.69) is 36.2 Å². The van der Waals surface area contributed by atoms with Crippen LogP contribution < -0.4 is 0 Å². The molecule has 0 aliphatic heterocycles. The van der Waals surface area contributed by atoms with Crippen molar-refractivity contribution in [2.24, 2.45) is 0 Å². The molecule has 1 aromatic heterocycles. The van der Waals surface area contributed by atoms with Crippen molar-refractivity contribution >= 4 is 13.8 Å². The Morgan fingerprint density at radius 1 is 1.50 bits per heavy atom. The molecule has 1 aromatic rings. The van der Waals surface area contributed by atoms with Gasteiger partial charge in [0.15, 0.2) is 0 Å². The van der Waals surface area contributed by atoms with Crippen molar-refractivity contribution in [1.82, 2.24) is 0 Å². The molecule has 10 heavy (non-hydrogen) atoms. The van der Waals surface area contributed by atoms with Crippen molar-refractivity contribution in [1.29, 1.82) is 0 Å². The van der Waals surface area contributed by atoms with Crippen molar-refractivity contribution in [3.05, 3.63) is 41.5 Å². The van der Waals surface area contributed by atoms with Gasteiger partial charge in [-0.2, -0.15) is 0 Å². The van der Waals surface area contributed by atoms with Crippen LogP contribution in [0.1, 0.15) is 11.7 Å². The normalized spacial score (nSPS) is 16.6. The van der Waals surface area contributed by atoms with Crippen molar-refractivity contribution in [3.8, 4) is 0 Å². The van der Waals surface area contributed by atoms with Crippen LogP contribution in [0.5, 0.6) is 0 Å². The van der Waals surface area contributed by atoms with Crippen LogP contribution in [0, 0.1) is 6.08 Å². The molecule has 1 aliphatic carbocycles. The second kappa shape index (κ2) is 2.48. The maximum Gasteiger partial charge on any atom is -0.00154 e. The van der Waals surface area contributed by atoms with Crippen LogP contribution in [-0.2, 0) is 0 Å². The molecule has 1 heteroatoms. The Hall–Kier alpha value is -0.740. The molecular formula is C9H8P. The summed E-state index contributed by atoms with van der Waals surface area (Å²) in [6.07, 6.45) is 8.61. The Labute approximate surface area is 62.4 Å². The largest absolute Gasteiger partial charge is 0.132 e. The van der Waals surface area contributed by atoms with E-state index in [0.717, 1.165) is 14.6 Å². The maximum atomic E-state index is 3.30. The van der Waals surface area contributed by atoms with Gasteiger partial charge in [0.25, 0.3) is 0 Å². The van der Waals surface area contributed by atoms with Gasteiger partial charge in [-0.15, -0.1) is 8.19 Å². The van der Waals surface area contributed by atoms with E-state index >= 15 is 0 Å². The highest BCUT2D eigenvalue weighted by Gasteiger charge is 1.99. The van der Waals surface area contributed by atoms with Crippen LogP contribution in [0.3, 0.4) is 0 Å². The summed E-state index contributed by atoms with van der Waals surface area (Å²) < 4.78 is 0. The fourth-order valence-electron chi connectivity index (χ4n) is 1.09. The first kappa shape index (κ1) is 6.00. The SMILES string of the molecule is [C]1=C(c2ccc[pH]2)C=CC1. The molecule has 0 bridgehead atoms. The standard InChI is InChI=1S/C9H8P/c1-2-5-8(4-1)9-6-3-7-10-9/h1,3-4,6-7,10H,2H2. The van der Waals surface area contributed by atoms with Crippen molar-refractivity contribution in [2.45, 2.75) is 6.42 Å². The molecule has 49 valence electrons. The van der Waals surface area contributed by atoms with Crippen LogP contribution in [0.4, 0.5) is 0 Å². The molecule has 0 fully saturated rings. The molecule has 1 atom stereocenters. The number of hydrogen-bond donors (Lipinski definition) is 0. The molecule has 0 aromatic carbocycles. The number of hydrogen-bond acceptors (Lipinski definition) is 0. The highest BCUT2D eigenvalue weighted by atomic mass is 31.0. The molecule has 0 nitrogen and oxygen atoms in total. The van der Waals surface area contributed by atoms with Crippen molar-refractivity contribution in [3.63, 3.8) is 0 Å². The van der Waals surface area contributed by atoms with Gasteiger partial charge in [-0.25, -0.2) is 0 Å². The molecule has 1 aliphatic rings. The predicted molar refractivity (Wildman–Crippen MR) is 46.4 cm³/mol. The Morgan fingerprint density at radius 3 is 3.10 bits per heavy atom. The molecule has 0 N–H and O–H groups in total. The molecule has 0 saturated carbocycles. The van der Waals surface area contributed by atoms with Gasteiger partial charge >= 0.3 is 0 Å². The lowest BCUT2D eigenvalue weighted by atomic mass is 10.2. The summed E-state index contributed by atoms with van der Waals surface area (Å²) in [4.78, 5) is 0. The highest BCUT2D eigenvalue weighted by Crippen LogP contribution is 2.27. The monoisotopic (exact) mass is 147 g/mol. The summed E-state index contributed by atoms with van der Waals surface area (Å²) in [5.74, 6) is 2.20. The van der Waals surface area contributed by atoms with Gasteiger partial charge in [-0.1, -0.05) is 24.3 Å². The summed E-state index contributed by atoms with van der Waals surface area (Å²) >= 11 is 0. The molecule has 0 spiro atoms. The third-order valence-corrected chi connectivity index (χ3v) is 2.69. The first-order chi connectivity index (χ1) is 4.97. The summed E-state index contributed by atoms with van der Waals surface area (Å²) in [5, 5.41) is 1.44. The summed E-state index contributed by atoms with van der Waals surface area (Å²) in [5.41, 5.74) is 1.31. The zero-order valence-corrected chi connectivity index (χ0v) is 6.59. The van der Waals surface area contributed by atoms with Crippen molar-refractivity contribution in [2.75, 3.05) is 0 Å². The van der Waals surface area contributed by atoms with Crippen molar-refractivity contribution < 1.29 is 0 Å². The van der Waals surface area contributed by atoms with E-state index in [9.17, 15) is 0 Å². The molecule has 1 radical (unpaired) electrons. The molecule has 0 amide bonds. The smallest absolute Gasteiger partial charge is 0.00154 e. The average molecular weight is 147 g/mol. The molecule has 1 heterocycles. The second-order valence-electron chi connectivity index (χ2n) is 2.28. The fraction of sp³-hybridized carbons (Fsp3) is 0.111. The summed E-state index contributed by atoms with van der Waals surface area (Å²) in [7, 11) is 0.863. The average Bonchev–Trinajstić information content (AvgIpc) is 2.59. The van der Waals surface area contributed by atoms with Gasteiger partial charge in [-0.3, -0.25) is 0 Å². The van der Waals surface area contributed by atoms with Gasteiger partial charge in [0.1, 0.15) is 0 Å². The number of allylic oxidation sites excluding steroid dienone is 4.